The number of carbonyl (C=O) groups is 1. The zero-order valence-electron chi connectivity index (χ0n) is 17.7. The van der Waals surface area contributed by atoms with E-state index in [0.29, 0.717) is 18.7 Å². The average Bonchev–Trinajstić information content (AvgIpc) is 3.08. The molecule has 0 radical (unpaired) electrons. The molecular formula is C24H24BrI3N3O2-. The van der Waals surface area contributed by atoms with Crippen LogP contribution in [0.5, 0.6) is 5.75 Å². The van der Waals surface area contributed by atoms with Gasteiger partial charge in [-0.3, -0.25) is 0 Å². The summed E-state index contributed by atoms with van der Waals surface area (Å²) in [6.45, 7) is 1.55. The molecule has 2 aromatic carbocycles. The van der Waals surface area contributed by atoms with Crippen molar-refractivity contribution in [2.24, 2.45) is 0 Å². The van der Waals surface area contributed by atoms with Crippen LogP contribution in [0.2, 0.25) is 0 Å². The van der Waals surface area contributed by atoms with Crippen molar-refractivity contribution in [3.05, 3.63) is 85.8 Å². The van der Waals surface area contributed by atoms with Crippen LogP contribution in [-0.4, -0.2) is 34.7 Å². The molecule has 1 amide bonds. The normalized spacial score (nSPS) is 15.7. The van der Waals surface area contributed by atoms with E-state index < -0.39 is 0 Å². The second-order valence-corrected chi connectivity index (χ2v) is 18.8. The second kappa shape index (κ2) is 12.8. The molecule has 176 valence electrons. The van der Waals surface area contributed by atoms with Crippen molar-refractivity contribution < 1.29 is 27.1 Å². The molecule has 0 unspecified atom stereocenters. The van der Waals surface area contributed by atoms with Gasteiger partial charge in [-0.05, 0) is 0 Å². The SMILES string of the molecule is O=C(Cc1ccccc1)NCCCCNC1=CC(c2ccccc2O)=I[I-]C2=C(Br)C=IN12. The maximum absolute atomic E-state index is 12.1. The Morgan fingerprint density at radius 2 is 1.82 bits per heavy atom. The first-order chi connectivity index (χ1) is 16.1. The van der Waals surface area contributed by atoms with E-state index in [-0.39, 0.29) is 60.9 Å². The van der Waals surface area contributed by atoms with Crippen LogP contribution >= 0.6 is 53.7 Å². The molecule has 2 aromatic rings. The van der Waals surface area contributed by atoms with E-state index in [0.717, 1.165) is 36.3 Å². The molecule has 0 aliphatic carbocycles. The van der Waals surface area contributed by atoms with Crippen molar-refractivity contribution in [2.45, 2.75) is 19.3 Å². The Morgan fingerprint density at radius 3 is 2.64 bits per heavy atom. The first-order valence-electron chi connectivity index (χ1n) is 10.5. The Morgan fingerprint density at radius 1 is 1.06 bits per heavy atom. The first-order valence-corrected chi connectivity index (χ1v) is 21.9. The molecule has 2 aliphatic rings. The number of para-hydroxylation sites is 1. The van der Waals surface area contributed by atoms with Crippen molar-refractivity contribution in [1.29, 1.82) is 0 Å². The molecule has 0 aromatic heterocycles. The molecule has 2 heterocycles. The molecule has 0 spiro atoms. The van der Waals surface area contributed by atoms with Crippen molar-refractivity contribution in [2.75, 3.05) is 13.1 Å². The van der Waals surface area contributed by atoms with E-state index in [9.17, 15) is 9.90 Å². The quantitative estimate of drug-likeness (QED) is 0.157. The van der Waals surface area contributed by atoms with Crippen molar-refractivity contribution in [3.63, 3.8) is 0 Å². The number of hydrogen-bond acceptors (Lipinski definition) is 4. The summed E-state index contributed by atoms with van der Waals surface area (Å²) in [5.74, 6) is 1.61. The van der Waals surface area contributed by atoms with Gasteiger partial charge in [-0.2, -0.15) is 0 Å². The van der Waals surface area contributed by atoms with E-state index in [2.05, 4.69) is 39.8 Å². The van der Waals surface area contributed by atoms with Crippen LogP contribution in [0.3, 0.4) is 0 Å². The van der Waals surface area contributed by atoms with Gasteiger partial charge in [0, 0.05) is 0 Å². The van der Waals surface area contributed by atoms with E-state index in [1.165, 1.54) is 11.7 Å². The van der Waals surface area contributed by atoms with Crippen molar-refractivity contribution in [1.82, 2.24) is 13.7 Å². The number of unbranched alkanes of at least 4 members (excludes halogenated alkanes) is 1. The number of amides is 1. The van der Waals surface area contributed by atoms with Crippen LogP contribution in [0.1, 0.15) is 24.0 Å². The molecule has 5 nitrogen and oxygen atoms in total. The Hall–Kier alpha value is -0.800. The number of phenolic OH excluding ortho intramolecular Hbond substituents is 1. The summed E-state index contributed by atoms with van der Waals surface area (Å²) in [4.78, 5) is 12.1. The molecule has 4 rings (SSSR count). The standard InChI is InChI=1S/C24H24BrI3N3O2/c25-19-16-26-31-22(15-20(27-28-24(19)31)18-10-4-5-11-21(18)32)29-12-6-7-13-30-23(33)14-17-8-2-1-3-9-17/h1-5,8-11,15-16,29,32H,6-7,12-14H2,(H,30,33)/q-1. The average molecular weight is 847 g/mol. The Balaban J connectivity index is 1.31. The second-order valence-electron chi connectivity index (χ2n) is 7.31. The minimum absolute atomic E-state index is 0.0763. The third-order valence-corrected chi connectivity index (χ3v) is 20.3. The van der Waals surface area contributed by atoms with Crippen LogP contribution in [0.15, 0.2) is 74.7 Å². The number of allylic oxidation sites excluding steroid dienone is 2. The number of nitrogens with zero attached hydrogens (tertiary/aromatic N) is 1. The van der Waals surface area contributed by atoms with Crippen LogP contribution in [0.4, 0.5) is 0 Å². The topological polar surface area (TPSA) is 64.6 Å². The number of hydrogen-bond donors (Lipinski definition) is 3. The van der Waals surface area contributed by atoms with Gasteiger partial charge in [0.2, 0.25) is 0 Å². The molecule has 2 aliphatic heterocycles. The fourth-order valence-corrected chi connectivity index (χ4v) is 22.8. The van der Waals surface area contributed by atoms with E-state index in [4.69, 9.17) is 0 Å². The maximum atomic E-state index is 12.1. The Labute approximate surface area is 229 Å². The molecule has 0 saturated heterocycles. The summed E-state index contributed by atoms with van der Waals surface area (Å²) in [7, 11) is 0. The number of phenols is 1. The number of halogens is 4. The molecule has 0 bridgehead atoms. The number of rotatable bonds is 9. The molecule has 0 atom stereocenters. The van der Waals surface area contributed by atoms with Crippen LogP contribution in [-0.2, 0) is 11.2 Å². The third kappa shape index (κ3) is 7.10. The summed E-state index contributed by atoms with van der Waals surface area (Å²) in [5.41, 5.74) is 2.02. The molecule has 0 saturated carbocycles. The van der Waals surface area contributed by atoms with Crippen molar-refractivity contribution >= 4 is 67.1 Å². The molecular weight excluding hydrogens is 823 g/mol. The van der Waals surface area contributed by atoms with E-state index in [1.54, 1.807) is 6.07 Å². The summed E-state index contributed by atoms with van der Waals surface area (Å²) < 4.78 is 8.90. The van der Waals surface area contributed by atoms with E-state index >= 15 is 0 Å². The number of aromatic hydroxyl groups is 1. The number of benzene rings is 2. The predicted molar refractivity (Wildman–Crippen MR) is 153 cm³/mol. The molecule has 0 fully saturated rings. The Bertz CT molecular complexity index is 1130. The van der Waals surface area contributed by atoms with Gasteiger partial charge in [0.25, 0.3) is 0 Å². The van der Waals surface area contributed by atoms with Crippen LogP contribution < -0.4 is 27.9 Å². The molecule has 3 N–H and O–H groups in total. The van der Waals surface area contributed by atoms with E-state index in [1.807, 2.05) is 48.5 Å². The predicted octanol–water partition coefficient (Wildman–Crippen LogP) is 2.04. The summed E-state index contributed by atoms with van der Waals surface area (Å²) in [6, 6.07) is 17.5. The first kappa shape index (κ1) is 25.3. The number of nitrogens with one attached hydrogen (secondary N) is 2. The van der Waals surface area contributed by atoms with Gasteiger partial charge in [0.15, 0.2) is 0 Å². The summed E-state index contributed by atoms with van der Waals surface area (Å²) >= 11 is 3.34. The Kier molecular flexibility index (Phi) is 9.79. The fraction of sp³-hybridized carbons (Fsp3) is 0.208. The molecule has 9 heteroatoms. The van der Waals surface area contributed by atoms with Gasteiger partial charge in [-0.25, -0.2) is 0 Å². The number of fused-ring (bicyclic) bond motifs is 1. The van der Waals surface area contributed by atoms with Crippen LogP contribution in [0.25, 0.3) is 0 Å². The van der Waals surface area contributed by atoms with Crippen molar-refractivity contribution in [3.8, 4) is 5.75 Å². The van der Waals surface area contributed by atoms with Gasteiger partial charge in [-0.15, -0.1) is 0 Å². The van der Waals surface area contributed by atoms with Gasteiger partial charge in [-0.1, -0.05) is 30.3 Å². The zero-order chi connectivity index (χ0) is 23.0. The third-order valence-electron chi connectivity index (χ3n) is 4.87. The van der Waals surface area contributed by atoms with Gasteiger partial charge in [0.05, 0.1) is 0 Å². The minimum atomic E-state index is -0.209. The number of carbonyl (C=O) groups excluding carboxylic acids is 1. The summed E-state index contributed by atoms with van der Waals surface area (Å²) in [5, 5.41) is 17.1. The van der Waals surface area contributed by atoms with Gasteiger partial charge in [0.1, 0.15) is 0 Å². The van der Waals surface area contributed by atoms with Crippen LogP contribution in [0, 0.1) is 0 Å². The summed E-state index contributed by atoms with van der Waals surface area (Å²) in [6.07, 6.45) is 4.62. The molecule has 33 heavy (non-hydrogen) atoms. The van der Waals surface area contributed by atoms with Gasteiger partial charge >= 0.3 is 202 Å². The zero-order valence-corrected chi connectivity index (χ0v) is 25.8. The van der Waals surface area contributed by atoms with Gasteiger partial charge < -0.3 is 0 Å². The monoisotopic (exact) mass is 846 g/mol. The fourth-order valence-electron chi connectivity index (χ4n) is 3.21.